The molecule has 6 heteroatoms. The number of nitrogens with zero attached hydrogens (tertiary/aromatic N) is 1. The van der Waals surface area contributed by atoms with Gasteiger partial charge < -0.3 is 10.4 Å². The first-order valence-electron chi connectivity index (χ1n) is 5.28. The van der Waals surface area contributed by atoms with Crippen LogP contribution in [0.1, 0.15) is 5.69 Å². The number of nitrogens with one attached hydrogen (secondary N) is 1. The Bertz CT molecular complexity index is 539. The molecule has 1 heterocycles. The lowest BCUT2D eigenvalue weighted by Gasteiger charge is -1.97. The summed E-state index contributed by atoms with van der Waals surface area (Å²) >= 11 is 1.45. The van der Waals surface area contributed by atoms with Gasteiger partial charge in [-0.3, -0.25) is 4.79 Å². The van der Waals surface area contributed by atoms with Gasteiger partial charge in [0.2, 0.25) is 0 Å². The lowest BCUT2D eigenvalue weighted by molar-refractivity contribution is -0.135. The van der Waals surface area contributed by atoms with Crippen molar-refractivity contribution in [2.75, 3.05) is 6.54 Å². The van der Waals surface area contributed by atoms with Gasteiger partial charge >= 0.3 is 5.97 Å². The quantitative estimate of drug-likeness (QED) is 0.870. The van der Waals surface area contributed by atoms with Gasteiger partial charge in [0.05, 0.1) is 12.2 Å². The largest absolute Gasteiger partial charge is 0.480 e. The first kappa shape index (κ1) is 12.7. The van der Waals surface area contributed by atoms with Crippen LogP contribution in [-0.4, -0.2) is 22.6 Å². The van der Waals surface area contributed by atoms with E-state index in [0.29, 0.717) is 6.54 Å². The summed E-state index contributed by atoms with van der Waals surface area (Å²) in [6, 6.07) is 6.11. The number of aliphatic carboxylic acids is 1. The molecule has 0 unspecified atom stereocenters. The number of hydrogen-bond donors (Lipinski definition) is 2. The van der Waals surface area contributed by atoms with Crippen molar-refractivity contribution in [2.45, 2.75) is 6.54 Å². The normalized spacial score (nSPS) is 10.5. The SMILES string of the molecule is O=C(O)CNCc1csc(-c2ccc(F)cc2)n1. The van der Waals surface area contributed by atoms with Crippen LogP contribution in [-0.2, 0) is 11.3 Å². The minimum Gasteiger partial charge on any atom is -0.480 e. The Balaban J connectivity index is 2.01. The third-order valence-electron chi connectivity index (χ3n) is 2.23. The highest BCUT2D eigenvalue weighted by atomic mass is 32.1. The fourth-order valence-corrected chi connectivity index (χ4v) is 2.24. The van der Waals surface area contributed by atoms with Crippen LogP contribution < -0.4 is 5.32 Å². The first-order valence-corrected chi connectivity index (χ1v) is 6.16. The molecule has 0 aliphatic rings. The zero-order chi connectivity index (χ0) is 13.0. The lowest BCUT2D eigenvalue weighted by Crippen LogP contribution is -2.21. The molecule has 0 aliphatic heterocycles. The van der Waals surface area contributed by atoms with Gasteiger partial charge in [-0.05, 0) is 24.3 Å². The van der Waals surface area contributed by atoms with Crippen LogP contribution in [0.4, 0.5) is 4.39 Å². The molecule has 2 rings (SSSR count). The molecule has 0 saturated carbocycles. The second-order valence-corrected chi connectivity index (χ2v) is 4.51. The van der Waals surface area contributed by atoms with Crippen LogP contribution in [0.3, 0.4) is 0 Å². The molecule has 0 saturated heterocycles. The Kier molecular flexibility index (Phi) is 4.01. The van der Waals surface area contributed by atoms with Crippen LogP contribution in [0.25, 0.3) is 10.6 Å². The number of benzene rings is 1. The summed E-state index contributed by atoms with van der Waals surface area (Å²) in [5.74, 6) is -1.18. The summed E-state index contributed by atoms with van der Waals surface area (Å²) in [4.78, 5) is 14.7. The van der Waals surface area contributed by atoms with Crippen LogP contribution >= 0.6 is 11.3 Å². The number of aromatic nitrogens is 1. The second kappa shape index (κ2) is 5.70. The van der Waals surface area contributed by atoms with Crippen LogP contribution in [0.5, 0.6) is 0 Å². The van der Waals surface area contributed by atoms with E-state index in [4.69, 9.17) is 5.11 Å². The molecule has 1 aromatic carbocycles. The maximum absolute atomic E-state index is 12.8. The Hall–Kier alpha value is -1.79. The van der Waals surface area contributed by atoms with Crippen molar-refractivity contribution in [3.8, 4) is 10.6 Å². The van der Waals surface area contributed by atoms with Crippen LogP contribution in [0, 0.1) is 5.82 Å². The van der Waals surface area contributed by atoms with Gasteiger partial charge in [-0.25, -0.2) is 9.37 Å². The zero-order valence-corrected chi connectivity index (χ0v) is 10.2. The molecule has 0 bridgehead atoms. The average molecular weight is 266 g/mol. The summed E-state index contributed by atoms with van der Waals surface area (Å²) in [7, 11) is 0. The Morgan fingerprint density at radius 3 is 2.78 bits per heavy atom. The standard InChI is InChI=1S/C12H11FN2O2S/c13-9-3-1-8(2-4-9)12-15-10(7-18-12)5-14-6-11(16)17/h1-4,7,14H,5-6H2,(H,16,17). The fraction of sp³-hybridized carbons (Fsp3) is 0.167. The summed E-state index contributed by atoms with van der Waals surface area (Å²) in [6.45, 7) is 0.313. The molecular formula is C12H11FN2O2S. The minimum atomic E-state index is -0.899. The molecule has 18 heavy (non-hydrogen) atoms. The number of carboxylic acids is 1. The first-order chi connectivity index (χ1) is 8.65. The molecular weight excluding hydrogens is 255 g/mol. The number of rotatable bonds is 5. The van der Waals surface area contributed by atoms with E-state index in [2.05, 4.69) is 10.3 Å². The summed E-state index contributed by atoms with van der Waals surface area (Å²) in [5.41, 5.74) is 1.63. The van der Waals surface area contributed by atoms with Crippen molar-refractivity contribution in [1.29, 1.82) is 0 Å². The number of carboxylic acid groups (broad SMARTS) is 1. The number of hydrogen-bond acceptors (Lipinski definition) is 4. The van der Waals surface area contributed by atoms with Crippen molar-refractivity contribution in [2.24, 2.45) is 0 Å². The van der Waals surface area contributed by atoms with E-state index in [-0.39, 0.29) is 12.4 Å². The van der Waals surface area contributed by atoms with Gasteiger partial charge in [-0.15, -0.1) is 11.3 Å². The molecule has 1 aromatic heterocycles. The molecule has 0 radical (unpaired) electrons. The summed E-state index contributed by atoms with van der Waals surface area (Å²) in [6.07, 6.45) is 0. The molecule has 0 spiro atoms. The predicted molar refractivity (Wildman–Crippen MR) is 66.9 cm³/mol. The third kappa shape index (κ3) is 3.35. The van der Waals surface area contributed by atoms with Gasteiger partial charge in [-0.2, -0.15) is 0 Å². The van der Waals surface area contributed by atoms with E-state index in [0.717, 1.165) is 16.3 Å². The van der Waals surface area contributed by atoms with Crippen molar-refractivity contribution >= 4 is 17.3 Å². The summed E-state index contributed by atoms with van der Waals surface area (Å²) < 4.78 is 12.8. The van der Waals surface area contributed by atoms with Crippen LogP contribution in [0.2, 0.25) is 0 Å². The van der Waals surface area contributed by atoms with Gasteiger partial charge in [0, 0.05) is 17.5 Å². The Labute approximate surface area is 107 Å². The highest BCUT2D eigenvalue weighted by molar-refractivity contribution is 7.13. The van der Waals surface area contributed by atoms with E-state index in [1.165, 1.54) is 23.5 Å². The monoisotopic (exact) mass is 266 g/mol. The predicted octanol–water partition coefficient (Wildman–Crippen LogP) is 2.12. The molecule has 2 N–H and O–H groups in total. The number of thiazole rings is 1. The van der Waals surface area contributed by atoms with E-state index in [1.807, 2.05) is 5.38 Å². The molecule has 0 fully saturated rings. The lowest BCUT2D eigenvalue weighted by atomic mass is 10.2. The van der Waals surface area contributed by atoms with Gasteiger partial charge in [0.25, 0.3) is 0 Å². The Morgan fingerprint density at radius 1 is 1.39 bits per heavy atom. The fourth-order valence-electron chi connectivity index (χ4n) is 1.41. The van der Waals surface area contributed by atoms with Gasteiger partial charge in [0.1, 0.15) is 10.8 Å². The van der Waals surface area contributed by atoms with E-state index in [1.54, 1.807) is 12.1 Å². The van der Waals surface area contributed by atoms with Crippen molar-refractivity contribution in [1.82, 2.24) is 10.3 Å². The molecule has 94 valence electrons. The molecule has 0 atom stereocenters. The molecule has 2 aromatic rings. The molecule has 0 amide bonds. The van der Waals surface area contributed by atoms with Crippen molar-refractivity contribution < 1.29 is 14.3 Å². The van der Waals surface area contributed by atoms with Gasteiger partial charge in [0.15, 0.2) is 0 Å². The number of halogens is 1. The smallest absolute Gasteiger partial charge is 0.317 e. The maximum atomic E-state index is 12.8. The number of carbonyl (C=O) groups is 1. The summed E-state index contributed by atoms with van der Waals surface area (Å²) in [5, 5.41) is 13.9. The second-order valence-electron chi connectivity index (χ2n) is 3.65. The third-order valence-corrected chi connectivity index (χ3v) is 3.17. The molecule has 4 nitrogen and oxygen atoms in total. The van der Waals surface area contributed by atoms with Gasteiger partial charge in [-0.1, -0.05) is 0 Å². The zero-order valence-electron chi connectivity index (χ0n) is 9.39. The highest BCUT2D eigenvalue weighted by Crippen LogP contribution is 2.23. The van der Waals surface area contributed by atoms with Crippen molar-refractivity contribution in [3.05, 3.63) is 41.2 Å². The van der Waals surface area contributed by atoms with Crippen LogP contribution in [0.15, 0.2) is 29.6 Å². The topological polar surface area (TPSA) is 62.2 Å². The minimum absolute atomic E-state index is 0.0938. The molecule has 0 aliphatic carbocycles. The van der Waals surface area contributed by atoms with E-state index >= 15 is 0 Å². The Morgan fingerprint density at radius 2 is 2.11 bits per heavy atom. The average Bonchev–Trinajstić information content (AvgIpc) is 2.78. The highest BCUT2D eigenvalue weighted by Gasteiger charge is 2.05. The maximum Gasteiger partial charge on any atom is 0.317 e. The van der Waals surface area contributed by atoms with E-state index < -0.39 is 5.97 Å². The van der Waals surface area contributed by atoms with E-state index in [9.17, 15) is 9.18 Å². The van der Waals surface area contributed by atoms with Crippen molar-refractivity contribution in [3.63, 3.8) is 0 Å².